The number of anilines is 2. The molecule has 0 atom stereocenters. The Bertz CT molecular complexity index is 1050. The van der Waals surface area contributed by atoms with Crippen LogP contribution in [0, 0.1) is 0 Å². The van der Waals surface area contributed by atoms with Gasteiger partial charge in [-0.2, -0.15) is 9.97 Å². The number of nitrogens with two attached hydrogens (primary N) is 1. The number of imidazole rings is 1. The van der Waals surface area contributed by atoms with Gasteiger partial charge in [0.15, 0.2) is 17.0 Å². The van der Waals surface area contributed by atoms with Crippen LogP contribution in [0.2, 0.25) is 0 Å². The molecule has 0 amide bonds. The van der Waals surface area contributed by atoms with Crippen LogP contribution in [0.5, 0.6) is 5.75 Å². The number of hydrogen-bond acceptors (Lipinski definition) is 7. The Kier molecular flexibility index (Phi) is 6.12. The van der Waals surface area contributed by atoms with E-state index in [0.717, 1.165) is 54.0 Å². The first-order valence-corrected chi connectivity index (χ1v) is 11.8. The van der Waals surface area contributed by atoms with Crippen molar-refractivity contribution in [2.75, 3.05) is 17.7 Å². The molecule has 32 heavy (non-hydrogen) atoms. The van der Waals surface area contributed by atoms with Crippen LogP contribution in [0.4, 0.5) is 11.8 Å². The van der Waals surface area contributed by atoms with Gasteiger partial charge < -0.3 is 25.7 Å². The van der Waals surface area contributed by atoms with Gasteiger partial charge in [0.1, 0.15) is 5.75 Å². The number of methoxy groups -OCH3 is 1. The molecule has 3 aromatic rings. The normalized spacial score (nSPS) is 21.7. The van der Waals surface area contributed by atoms with E-state index in [4.69, 9.17) is 25.4 Å². The average molecular weight is 436 g/mol. The molecule has 2 heterocycles. The van der Waals surface area contributed by atoms with Gasteiger partial charge in [-0.05, 0) is 44.6 Å². The van der Waals surface area contributed by atoms with E-state index < -0.39 is 0 Å². The van der Waals surface area contributed by atoms with Crippen LogP contribution in [0.1, 0.15) is 63.0 Å². The van der Waals surface area contributed by atoms with E-state index in [0.29, 0.717) is 30.6 Å². The summed E-state index contributed by atoms with van der Waals surface area (Å²) in [6.07, 6.45) is 11.0. The lowest BCUT2D eigenvalue weighted by Gasteiger charge is -2.27. The van der Waals surface area contributed by atoms with Crippen LogP contribution >= 0.6 is 0 Å². The number of nitrogens with one attached hydrogen (secondary N) is 2. The summed E-state index contributed by atoms with van der Waals surface area (Å²) in [5.41, 5.74) is 8.90. The second-order valence-electron chi connectivity index (χ2n) is 9.08. The van der Waals surface area contributed by atoms with Gasteiger partial charge in [0.2, 0.25) is 5.95 Å². The molecule has 2 saturated carbocycles. The summed E-state index contributed by atoms with van der Waals surface area (Å²) in [7, 11) is 1.70. The summed E-state index contributed by atoms with van der Waals surface area (Å²) in [5, 5.41) is 7.08. The van der Waals surface area contributed by atoms with Crippen molar-refractivity contribution in [3.8, 4) is 5.75 Å². The number of nitrogens with zero attached hydrogens (tertiary/aromatic N) is 4. The van der Waals surface area contributed by atoms with Gasteiger partial charge >= 0.3 is 0 Å². The first-order chi connectivity index (χ1) is 15.7. The molecule has 2 fully saturated rings. The van der Waals surface area contributed by atoms with Gasteiger partial charge in [0.05, 0.1) is 13.4 Å². The first-order valence-electron chi connectivity index (χ1n) is 11.8. The smallest absolute Gasteiger partial charge is 0.227 e. The van der Waals surface area contributed by atoms with E-state index in [-0.39, 0.29) is 0 Å². The maximum absolute atomic E-state index is 6.09. The molecular weight excluding hydrogens is 402 g/mol. The maximum Gasteiger partial charge on any atom is 0.227 e. The van der Waals surface area contributed by atoms with Gasteiger partial charge in [0, 0.05) is 30.2 Å². The Balaban J connectivity index is 1.45. The summed E-state index contributed by atoms with van der Waals surface area (Å²) in [5.74, 6) is 2.28. The fourth-order valence-corrected chi connectivity index (χ4v) is 5.03. The molecule has 0 aliphatic heterocycles. The van der Waals surface area contributed by atoms with Crippen LogP contribution in [0.25, 0.3) is 11.2 Å². The predicted octanol–water partition coefficient (Wildman–Crippen LogP) is 4.24. The number of rotatable bonds is 7. The molecule has 0 bridgehead atoms. The van der Waals surface area contributed by atoms with Crippen molar-refractivity contribution >= 4 is 22.9 Å². The Morgan fingerprint density at radius 2 is 1.84 bits per heavy atom. The van der Waals surface area contributed by atoms with E-state index in [1.165, 1.54) is 25.7 Å². The van der Waals surface area contributed by atoms with E-state index in [2.05, 4.69) is 21.3 Å². The Labute approximate surface area is 189 Å². The van der Waals surface area contributed by atoms with Crippen molar-refractivity contribution < 1.29 is 4.74 Å². The van der Waals surface area contributed by atoms with Crippen molar-refractivity contribution in [1.82, 2.24) is 19.5 Å². The Morgan fingerprint density at radius 3 is 2.62 bits per heavy atom. The van der Waals surface area contributed by atoms with Crippen molar-refractivity contribution in [2.45, 2.75) is 76.0 Å². The highest BCUT2D eigenvalue weighted by molar-refractivity contribution is 5.84. The lowest BCUT2D eigenvalue weighted by atomic mass is 9.92. The van der Waals surface area contributed by atoms with Gasteiger partial charge in [-0.15, -0.1) is 0 Å². The topological polar surface area (TPSA) is 103 Å². The summed E-state index contributed by atoms with van der Waals surface area (Å²) in [4.78, 5) is 14.5. The van der Waals surface area contributed by atoms with Crippen molar-refractivity contribution in [1.29, 1.82) is 0 Å². The van der Waals surface area contributed by atoms with E-state index >= 15 is 0 Å². The second kappa shape index (κ2) is 9.32. The van der Waals surface area contributed by atoms with Crippen LogP contribution in [0.15, 0.2) is 30.6 Å². The molecular formula is C24H33N7O. The highest BCUT2D eigenvalue weighted by Crippen LogP contribution is 2.33. The molecule has 0 spiro atoms. The van der Waals surface area contributed by atoms with E-state index in [1.54, 1.807) is 7.11 Å². The zero-order valence-electron chi connectivity index (χ0n) is 18.8. The van der Waals surface area contributed by atoms with Gasteiger partial charge in [-0.1, -0.05) is 31.0 Å². The molecule has 8 heteroatoms. The summed E-state index contributed by atoms with van der Waals surface area (Å²) < 4.78 is 7.76. The Hall–Kier alpha value is -2.87. The molecule has 2 aliphatic rings. The SMILES string of the molecule is COc1ccccc1CNc1nc(NC2CCC(N)CC2)nc2c1ncn2C1CCCC1. The number of hydrogen-bond donors (Lipinski definition) is 3. The third-order valence-corrected chi connectivity index (χ3v) is 6.88. The lowest BCUT2D eigenvalue weighted by Crippen LogP contribution is -2.33. The number of para-hydroxylation sites is 1. The highest BCUT2D eigenvalue weighted by Gasteiger charge is 2.24. The summed E-state index contributed by atoms with van der Waals surface area (Å²) in [6.45, 7) is 0.601. The minimum absolute atomic E-state index is 0.318. The Morgan fingerprint density at radius 1 is 1.06 bits per heavy atom. The van der Waals surface area contributed by atoms with Crippen molar-refractivity contribution in [2.24, 2.45) is 5.73 Å². The molecule has 1 aromatic carbocycles. The molecule has 0 saturated heterocycles. The van der Waals surface area contributed by atoms with Crippen LogP contribution < -0.4 is 21.1 Å². The van der Waals surface area contributed by atoms with Crippen LogP contribution in [-0.4, -0.2) is 38.7 Å². The zero-order valence-corrected chi connectivity index (χ0v) is 18.8. The van der Waals surface area contributed by atoms with Crippen LogP contribution in [0.3, 0.4) is 0 Å². The largest absolute Gasteiger partial charge is 0.496 e. The molecule has 5 rings (SSSR count). The third-order valence-electron chi connectivity index (χ3n) is 6.88. The van der Waals surface area contributed by atoms with Crippen molar-refractivity contribution in [3.63, 3.8) is 0 Å². The number of aromatic nitrogens is 4. The fourth-order valence-electron chi connectivity index (χ4n) is 5.03. The second-order valence-corrected chi connectivity index (χ2v) is 9.08. The maximum atomic E-state index is 6.09. The van der Waals surface area contributed by atoms with Gasteiger partial charge in [-0.3, -0.25) is 0 Å². The lowest BCUT2D eigenvalue weighted by molar-refractivity contribution is 0.409. The zero-order chi connectivity index (χ0) is 21.9. The molecule has 0 unspecified atom stereocenters. The third kappa shape index (κ3) is 4.37. The number of benzene rings is 1. The standard InChI is InChI=1S/C24H33N7O/c1-32-20-9-5-2-6-16(20)14-26-22-21-23(31(15-27-21)19-7-3-4-8-19)30-24(29-22)28-18-12-10-17(25)11-13-18/h2,5-6,9,15,17-19H,3-4,7-8,10-14,25H2,1H3,(H2,26,28,29,30). The summed E-state index contributed by atoms with van der Waals surface area (Å²) in [6, 6.07) is 9.18. The monoisotopic (exact) mass is 435 g/mol. The number of fused-ring (bicyclic) bond motifs is 1. The van der Waals surface area contributed by atoms with Crippen LogP contribution in [-0.2, 0) is 6.54 Å². The molecule has 2 aromatic heterocycles. The molecule has 170 valence electrons. The minimum atomic E-state index is 0.318. The van der Waals surface area contributed by atoms with Gasteiger partial charge in [-0.25, -0.2) is 4.98 Å². The molecule has 4 N–H and O–H groups in total. The van der Waals surface area contributed by atoms with Crippen molar-refractivity contribution in [3.05, 3.63) is 36.2 Å². The van der Waals surface area contributed by atoms with E-state index in [1.807, 2.05) is 24.5 Å². The van der Waals surface area contributed by atoms with E-state index in [9.17, 15) is 0 Å². The highest BCUT2D eigenvalue weighted by atomic mass is 16.5. The molecule has 0 radical (unpaired) electrons. The summed E-state index contributed by atoms with van der Waals surface area (Å²) >= 11 is 0. The predicted molar refractivity (Wildman–Crippen MR) is 127 cm³/mol. The van der Waals surface area contributed by atoms with Gasteiger partial charge in [0.25, 0.3) is 0 Å². The first kappa shape index (κ1) is 21.0. The number of ether oxygens (including phenoxy) is 1. The minimum Gasteiger partial charge on any atom is -0.496 e. The quantitative estimate of drug-likeness (QED) is 0.510. The molecule has 8 nitrogen and oxygen atoms in total. The molecule has 2 aliphatic carbocycles. The fraction of sp³-hybridized carbons (Fsp3) is 0.542. The average Bonchev–Trinajstić information content (AvgIpc) is 3.49.